The van der Waals surface area contributed by atoms with Gasteiger partial charge in [0.25, 0.3) is 0 Å². The molecule has 0 saturated heterocycles. The van der Waals surface area contributed by atoms with Crippen molar-refractivity contribution < 1.29 is 5.11 Å². The monoisotopic (exact) mass is 276 g/mol. The highest BCUT2D eigenvalue weighted by molar-refractivity contribution is 6.42. The minimum Gasteiger partial charge on any atom is -0.395 e. The molecule has 0 aliphatic heterocycles. The second-order valence-electron chi connectivity index (χ2n) is 4.52. The van der Waals surface area contributed by atoms with Crippen LogP contribution in [0.25, 0.3) is 0 Å². The Hall–Kier alpha value is -0.320. The number of halogens is 2. The van der Waals surface area contributed by atoms with E-state index in [-0.39, 0.29) is 12.0 Å². The maximum atomic E-state index is 8.65. The summed E-state index contributed by atoms with van der Waals surface area (Å²) in [7, 11) is 0. The van der Waals surface area contributed by atoms with Crippen LogP contribution in [0.3, 0.4) is 0 Å². The van der Waals surface area contributed by atoms with E-state index in [4.69, 9.17) is 28.3 Å². The molecule has 0 heterocycles. The number of hydrazine groups is 1. The minimum atomic E-state index is -0.0727. The fourth-order valence-corrected chi connectivity index (χ4v) is 1.75. The van der Waals surface area contributed by atoms with E-state index >= 15 is 0 Å². The topological polar surface area (TPSA) is 44.3 Å². The number of hydrogen-bond acceptors (Lipinski definition) is 3. The molecule has 0 radical (unpaired) electrons. The molecule has 3 nitrogen and oxygen atoms in total. The summed E-state index contributed by atoms with van der Waals surface area (Å²) in [5.41, 5.74) is 7.04. The number of aliphatic hydroxyl groups excluding tert-OH is 1. The zero-order valence-corrected chi connectivity index (χ0v) is 11.6. The number of hydrogen-bond donors (Lipinski definition) is 3. The quantitative estimate of drug-likeness (QED) is 0.552. The molecule has 0 aliphatic carbocycles. The van der Waals surface area contributed by atoms with E-state index in [0.717, 1.165) is 12.1 Å². The minimum absolute atomic E-state index is 0.0727. The van der Waals surface area contributed by atoms with Crippen molar-refractivity contribution >= 4 is 23.2 Å². The Bertz CT molecular complexity index is 370. The lowest BCUT2D eigenvalue weighted by Crippen LogP contribution is -2.42. The average molecular weight is 277 g/mol. The zero-order chi connectivity index (χ0) is 12.9. The molecule has 0 aromatic heterocycles. The predicted molar refractivity (Wildman–Crippen MR) is 72.6 cm³/mol. The van der Waals surface area contributed by atoms with Gasteiger partial charge in [0.15, 0.2) is 0 Å². The van der Waals surface area contributed by atoms with Crippen molar-refractivity contribution in [1.82, 2.24) is 10.9 Å². The summed E-state index contributed by atoms with van der Waals surface area (Å²) in [5.74, 6) is 0. The highest BCUT2D eigenvalue weighted by atomic mass is 35.5. The van der Waals surface area contributed by atoms with Crippen molar-refractivity contribution in [3.8, 4) is 0 Å². The number of nitrogens with one attached hydrogen (secondary N) is 2. The van der Waals surface area contributed by atoms with E-state index in [1.165, 1.54) is 0 Å². The smallest absolute Gasteiger partial charge is 0.0595 e. The molecule has 5 heteroatoms. The molecular weight excluding hydrogens is 259 g/mol. The first-order valence-corrected chi connectivity index (χ1v) is 6.25. The summed E-state index contributed by atoms with van der Waals surface area (Å²) < 4.78 is 0. The van der Waals surface area contributed by atoms with Crippen molar-refractivity contribution in [2.75, 3.05) is 19.7 Å². The molecule has 1 aromatic carbocycles. The molecule has 0 saturated carbocycles. The van der Waals surface area contributed by atoms with Crippen LogP contribution in [0.2, 0.25) is 10.0 Å². The summed E-state index contributed by atoms with van der Waals surface area (Å²) in [6.07, 6.45) is 0. The highest BCUT2D eigenvalue weighted by Crippen LogP contribution is 2.29. The molecule has 17 heavy (non-hydrogen) atoms. The molecule has 0 spiro atoms. The second-order valence-corrected chi connectivity index (χ2v) is 5.33. The maximum absolute atomic E-state index is 8.65. The van der Waals surface area contributed by atoms with Gasteiger partial charge >= 0.3 is 0 Å². The Morgan fingerprint density at radius 1 is 1.18 bits per heavy atom. The molecule has 0 amide bonds. The molecule has 3 N–H and O–H groups in total. The van der Waals surface area contributed by atoms with E-state index in [1.807, 2.05) is 18.2 Å². The fourth-order valence-electron chi connectivity index (χ4n) is 1.45. The first-order valence-electron chi connectivity index (χ1n) is 5.49. The molecular formula is C12H18Cl2N2O. The first kappa shape index (κ1) is 14.7. The summed E-state index contributed by atoms with van der Waals surface area (Å²) in [4.78, 5) is 0. The summed E-state index contributed by atoms with van der Waals surface area (Å²) >= 11 is 11.9. The van der Waals surface area contributed by atoms with Crippen molar-refractivity contribution in [2.45, 2.75) is 19.3 Å². The first-order chi connectivity index (χ1) is 7.97. The van der Waals surface area contributed by atoms with Gasteiger partial charge in [0, 0.05) is 18.5 Å². The molecule has 1 rings (SSSR count). The lowest BCUT2D eigenvalue weighted by molar-refractivity contribution is 0.278. The van der Waals surface area contributed by atoms with Crippen LogP contribution >= 0.6 is 23.2 Å². The van der Waals surface area contributed by atoms with Crippen molar-refractivity contribution in [3.63, 3.8) is 0 Å². The van der Waals surface area contributed by atoms with E-state index in [2.05, 4.69) is 24.7 Å². The van der Waals surface area contributed by atoms with Crippen molar-refractivity contribution in [2.24, 2.45) is 0 Å². The molecule has 0 fully saturated rings. The Morgan fingerprint density at radius 3 is 2.47 bits per heavy atom. The Morgan fingerprint density at radius 2 is 1.88 bits per heavy atom. The fraction of sp³-hybridized carbons (Fsp3) is 0.500. The summed E-state index contributed by atoms with van der Waals surface area (Å²) in [5, 5.41) is 9.78. The molecule has 96 valence electrons. The van der Waals surface area contributed by atoms with E-state index in [9.17, 15) is 0 Å². The van der Waals surface area contributed by atoms with Gasteiger partial charge in [-0.1, -0.05) is 43.1 Å². The SMILES string of the molecule is CC(C)(CNNCCO)c1ccc(Cl)c(Cl)c1. The third-order valence-electron chi connectivity index (χ3n) is 2.59. The highest BCUT2D eigenvalue weighted by Gasteiger charge is 2.20. The average Bonchev–Trinajstić information content (AvgIpc) is 2.28. The Labute approximate surface area is 112 Å². The van der Waals surface area contributed by atoms with Gasteiger partial charge < -0.3 is 5.11 Å². The summed E-state index contributed by atoms with van der Waals surface area (Å²) in [6.45, 7) is 5.59. The van der Waals surface area contributed by atoms with Gasteiger partial charge in [-0.25, -0.2) is 0 Å². The van der Waals surface area contributed by atoms with Crippen LogP contribution in [0, 0.1) is 0 Å². The van der Waals surface area contributed by atoms with Crippen LogP contribution in [0.5, 0.6) is 0 Å². The Kier molecular flexibility index (Phi) is 5.70. The predicted octanol–water partition coefficient (Wildman–Crippen LogP) is 2.36. The van der Waals surface area contributed by atoms with Crippen molar-refractivity contribution in [3.05, 3.63) is 33.8 Å². The third-order valence-corrected chi connectivity index (χ3v) is 3.33. The summed E-state index contributed by atoms with van der Waals surface area (Å²) in [6, 6.07) is 5.67. The third kappa shape index (κ3) is 4.45. The zero-order valence-electron chi connectivity index (χ0n) is 10.1. The number of benzene rings is 1. The van der Waals surface area contributed by atoms with Crippen LogP contribution in [0.1, 0.15) is 19.4 Å². The molecule has 0 unspecified atom stereocenters. The van der Waals surface area contributed by atoms with Gasteiger partial charge in [-0.2, -0.15) is 0 Å². The number of rotatable bonds is 6. The van der Waals surface area contributed by atoms with Crippen LogP contribution in [0.15, 0.2) is 18.2 Å². The molecule has 0 bridgehead atoms. The van der Waals surface area contributed by atoms with Gasteiger partial charge in [0.2, 0.25) is 0 Å². The molecule has 0 atom stereocenters. The lowest BCUT2D eigenvalue weighted by Gasteiger charge is -2.26. The normalized spacial score (nSPS) is 11.8. The second kappa shape index (κ2) is 6.57. The number of aliphatic hydroxyl groups is 1. The van der Waals surface area contributed by atoms with Gasteiger partial charge in [-0.15, -0.1) is 0 Å². The van der Waals surface area contributed by atoms with Crippen LogP contribution in [0.4, 0.5) is 0 Å². The van der Waals surface area contributed by atoms with Crippen molar-refractivity contribution in [1.29, 1.82) is 0 Å². The lowest BCUT2D eigenvalue weighted by atomic mass is 9.85. The van der Waals surface area contributed by atoms with E-state index < -0.39 is 0 Å². The van der Waals surface area contributed by atoms with Gasteiger partial charge in [-0.3, -0.25) is 10.9 Å². The van der Waals surface area contributed by atoms with E-state index in [0.29, 0.717) is 16.6 Å². The standard InChI is InChI=1S/C12H18Cl2N2O/c1-12(2,8-16-15-5-6-17)9-3-4-10(13)11(14)7-9/h3-4,7,15-17H,5-6,8H2,1-2H3. The van der Waals surface area contributed by atoms with Crippen LogP contribution in [-0.4, -0.2) is 24.8 Å². The van der Waals surface area contributed by atoms with Gasteiger partial charge in [-0.05, 0) is 17.7 Å². The largest absolute Gasteiger partial charge is 0.395 e. The van der Waals surface area contributed by atoms with E-state index in [1.54, 1.807) is 0 Å². The molecule has 1 aromatic rings. The van der Waals surface area contributed by atoms with Crippen LogP contribution < -0.4 is 10.9 Å². The van der Waals surface area contributed by atoms with Crippen LogP contribution in [-0.2, 0) is 5.41 Å². The van der Waals surface area contributed by atoms with Gasteiger partial charge in [0.05, 0.1) is 16.7 Å². The Balaban J connectivity index is 2.64. The van der Waals surface area contributed by atoms with Gasteiger partial charge in [0.1, 0.15) is 0 Å². The maximum Gasteiger partial charge on any atom is 0.0595 e. The molecule has 0 aliphatic rings.